The number of hydrogen-bond acceptors (Lipinski definition) is 6. The van der Waals surface area contributed by atoms with Gasteiger partial charge in [-0.15, -0.1) is 17.3 Å². The van der Waals surface area contributed by atoms with Crippen LogP contribution in [-0.4, -0.2) is 30.6 Å². The molecule has 3 heterocycles. The Bertz CT molecular complexity index is 1200. The number of carbonyl (C=O) groups is 1. The van der Waals surface area contributed by atoms with Crippen LogP contribution >= 0.6 is 11.3 Å². The average Bonchev–Trinajstić information content (AvgIpc) is 3.24. The lowest BCUT2D eigenvalue weighted by Crippen LogP contribution is -2.22. The van der Waals surface area contributed by atoms with Gasteiger partial charge in [-0.2, -0.15) is 0 Å². The third-order valence-electron chi connectivity index (χ3n) is 5.21. The molecule has 6 nitrogen and oxygen atoms in total. The van der Waals surface area contributed by atoms with Crippen LogP contribution in [0.3, 0.4) is 0 Å². The summed E-state index contributed by atoms with van der Waals surface area (Å²) in [6.45, 7) is 4.53. The molecule has 0 atom stereocenters. The quantitative estimate of drug-likeness (QED) is 0.617. The van der Waals surface area contributed by atoms with Crippen molar-refractivity contribution >= 4 is 22.9 Å². The fraction of sp³-hybridized carbons (Fsp3) is 0.250. The Labute approximate surface area is 184 Å². The Morgan fingerprint density at radius 1 is 1.19 bits per heavy atom. The topological polar surface area (TPSA) is 72.5 Å². The van der Waals surface area contributed by atoms with Gasteiger partial charge in [0, 0.05) is 24.4 Å². The molecule has 3 aromatic rings. The van der Waals surface area contributed by atoms with Gasteiger partial charge in [0.1, 0.15) is 13.2 Å². The van der Waals surface area contributed by atoms with Crippen LogP contribution in [0.25, 0.3) is 11.1 Å². The standard InChI is InChI=1S/C24H21N3O3S/c1-2-4-17-16(15-7-8-20-21(13-15)30-12-11-29-20)5-3-6-18(17)26-23(28)24-27-19-9-10-25-14-22(19)31-24/h3,5-8,13,25H,9-12,14H2,1H3,(H,26,28). The van der Waals surface area contributed by atoms with Gasteiger partial charge in [-0.1, -0.05) is 24.1 Å². The van der Waals surface area contributed by atoms with Gasteiger partial charge in [0.05, 0.1) is 16.9 Å². The number of nitrogens with one attached hydrogen (secondary N) is 2. The van der Waals surface area contributed by atoms with E-state index < -0.39 is 0 Å². The Morgan fingerprint density at radius 3 is 2.90 bits per heavy atom. The second-order valence-corrected chi connectivity index (χ2v) is 8.31. The Morgan fingerprint density at radius 2 is 2.06 bits per heavy atom. The Balaban J connectivity index is 1.49. The van der Waals surface area contributed by atoms with Crippen LogP contribution in [0.2, 0.25) is 0 Å². The summed E-state index contributed by atoms with van der Waals surface area (Å²) < 4.78 is 11.4. The zero-order valence-electron chi connectivity index (χ0n) is 17.1. The van der Waals surface area contributed by atoms with Crippen LogP contribution in [-0.2, 0) is 13.0 Å². The van der Waals surface area contributed by atoms with E-state index in [9.17, 15) is 4.79 Å². The molecule has 0 saturated carbocycles. The van der Waals surface area contributed by atoms with Crippen molar-refractivity contribution in [2.24, 2.45) is 0 Å². The lowest BCUT2D eigenvalue weighted by Gasteiger charge is -2.19. The minimum Gasteiger partial charge on any atom is -0.486 e. The van der Waals surface area contributed by atoms with Crippen LogP contribution in [0.15, 0.2) is 36.4 Å². The molecule has 156 valence electrons. The first kappa shape index (κ1) is 19.6. The fourth-order valence-electron chi connectivity index (χ4n) is 3.77. The maximum Gasteiger partial charge on any atom is 0.284 e. The summed E-state index contributed by atoms with van der Waals surface area (Å²) in [4.78, 5) is 18.6. The Hall–Kier alpha value is -3.34. The van der Waals surface area contributed by atoms with E-state index >= 15 is 0 Å². The van der Waals surface area contributed by atoms with Gasteiger partial charge in [0.25, 0.3) is 5.91 Å². The second-order valence-electron chi connectivity index (χ2n) is 7.23. The molecule has 0 saturated heterocycles. The number of anilines is 1. The molecule has 2 aromatic carbocycles. The van der Waals surface area contributed by atoms with Gasteiger partial charge in [0.15, 0.2) is 16.5 Å². The number of nitrogens with zero attached hydrogens (tertiary/aromatic N) is 1. The van der Waals surface area contributed by atoms with Crippen molar-refractivity contribution in [2.75, 3.05) is 25.1 Å². The number of rotatable bonds is 3. The molecule has 1 aromatic heterocycles. The van der Waals surface area contributed by atoms with Gasteiger partial charge < -0.3 is 20.1 Å². The zero-order valence-corrected chi connectivity index (χ0v) is 17.9. The zero-order chi connectivity index (χ0) is 21.2. The van der Waals surface area contributed by atoms with Gasteiger partial charge in [-0.05, 0) is 36.2 Å². The number of thiazole rings is 1. The number of carbonyl (C=O) groups excluding carboxylic acids is 1. The highest BCUT2D eigenvalue weighted by atomic mass is 32.1. The van der Waals surface area contributed by atoms with Crippen molar-refractivity contribution in [2.45, 2.75) is 19.9 Å². The van der Waals surface area contributed by atoms with Crippen molar-refractivity contribution in [1.29, 1.82) is 0 Å². The first-order chi connectivity index (χ1) is 15.2. The van der Waals surface area contributed by atoms with E-state index in [4.69, 9.17) is 9.47 Å². The SMILES string of the molecule is CC#Cc1c(NC(=O)c2nc3c(s2)CNCC3)cccc1-c1ccc2c(c1)OCCO2. The lowest BCUT2D eigenvalue weighted by molar-refractivity contribution is 0.102. The largest absolute Gasteiger partial charge is 0.486 e. The van der Waals surface area contributed by atoms with Crippen LogP contribution in [0.1, 0.15) is 32.9 Å². The number of hydrogen-bond donors (Lipinski definition) is 2. The summed E-state index contributed by atoms with van der Waals surface area (Å²) in [5.41, 5.74) is 4.32. The molecule has 2 N–H and O–H groups in total. The molecule has 0 radical (unpaired) electrons. The molecule has 2 aliphatic rings. The summed E-state index contributed by atoms with van der Waals surface area (Å²) in [5, 5.41) is 6.82. The molecular formula is C24H21N3O3S. The van der Waals surface area contributed by atoms with Crippen molar-refractivity contribution < 1.29 is 14.3 Å². The molecule has 5 rings (SSSR count). The minimum absolute atomic E-state index is 0.210. The highest BCUT2D eigenvalue weighted by molar-refractivity contribution is 7.13. The predicted octanol–water partition coefficient (Wildman–Crippen LogP) is 3.85. The van der Waals surface area contributed by atoms with E-state index in [-0.39, 0.29) is 5.91 Å². The molecule has 0 bridgehead atoms. The number of fused-ring (bicyclic) bond motifs is 2. The van der Waals surface area contributed by atoms with Crippen molar-refractivity contribution in [3.63, 3.8) is 0 Å². The Kier molecular flexibility index (Phi) is 5.33. The summed E-state index contributed by atoms with van der Waals surface area (Å²) in [6.07, 6.45) is 0.852. The van der Waals surface area contributed by atoms with Crippen LogP contribution in [0, 0.1) is 11.8 Å². The van der Waals surface area contributed by atoms with Crippen molar-refractivity contribution in [3.8, 4) is 34.5 Å². The van der Waals surface area contributed by atoms with E-state index in [0.29, 0.717) is 23.9 Å². The van der Waals surface area contributed by atoms with E-state index in [1.807, 2.05) is 36.4 Å². The van der Waals surface area contributed by atoms with Gasteiger partial charge in [-0.25, -0.2) is 4.98 Å². The van der Waals surface area contributed by atoms with Crippen LogP contribution < -0.4 is 20.1 Å². The van der Waals surface area contributed by atoms with Crippen LogP contribution in [0.5, 0.6) is 11.5 Å². The average molecular weight is 432 g/mol. The number of aromatic nitrogens is 1. The molecular weight excluding hydrogens is 410 g/mol. The first-order valence-electron chi connectivity index (χ1n) is 10.2. The van der Waals surface area contributed by atoms with Crippen molar-refractivity contribution in [3.05, 3.63) is 57.5 Å². The normalized spacial score (nSPS) is 14.2. The van der Waals surface area contributed by atoms with Gasteiger partial charge in [0.2, 0.25) is 0 Å². The molecule has 31 heavy (non-hydrogen) atoms. The van der Waals surface area contributed by atoms with Crippen LogP contribution in [0.4, 0.5) is 5.69 Å². The molecule has 0 unspecified atom stereocenters. The second kappa shape index (κ2) is 8.42. The molecule has 0 fully saturated rings. The lowest BCUT2D eigenvalue weighted by atomic mass is 9.97. The van der Waals surface area contributed by atoms with Crippen molar-refractivity contribution in [1.82, 2.24) is 10.3 Å². The predicted molar refractivity (Wildman–Crippen MR) is 121 cm³/mol. The molecule has 2 aliphatic heterocycles. The summed E-state index contributed by atoms with van der Waals surface area (Å²) in [5.74, 6) is 7.38. The monoisotopic (exact) mass is 431 g/mol. The highest BCUT2D eigenvalue weighted by Crippen LogP contribution is 2.37. The summed E-state index contributed by atoms with van der Waals surface area (Å²) in [6, 6.07) is 11.6. The first-order valence-corrected chi connectivity index (χ1v) is 11.0. The fourth-order valence-corrected chi connectivity index (χ4v) is 4.74. The molecule has 7 heteroatoms. The van der Waals surface area contributed by atoms with E-state index in [2.05, 4.69) is 27.5 Å². The summed E-state index contributed by atoms with van der Waals surface area (Å²) >= 11 is 1.45. The summed E-state index contributed by atoms with van der Waals surface area (Å²) in [7, 11) is 0. The smallest absolute Gasteiger partial charge is 0.284 e. The molecule has 1 amide bonds. The third kappa shape index (κ3) is 3.88. The third-order valence-corrected chi connectivity index (χ3v) is 6.31. The maximum atomic E-state index is 13.0. The van der Waals surface area contributed by atoms with E-state index in [1.165, 1.54) is 11.3 Å². The van der Waals surface area contributed by atoms with Gasteiger partial charge in [-0.3, -0.25) is 4.79 Å². The number of ether oxygens (including phenoxy) is 2. The highest BCUT2D eigenvalue weighted by Gasteiger charge is 2.21. The van der Waals surface area contributed by atoms with Gasteiger partial charge >= 0.3 is 0 Å². The molecule has 0 spiro atoms. The number of amides is 1. The van der Waals surface area contributed by atoms with E-state index in [1.54, 1.807) is 6.92 Å². The van der Waals surface area contributed by atoms with E-state index in [0.717, 1.165) is 58.3 Å². The molecule has 0 aliphatic carbocycles. The minimum atomic E-state index is -0.210. The number of benzene rings is 2. The maximum absolute atomic E-state index is 13.0.